The first-order valence-electron chi connectivity index (χ1n) is 11.7. The second-order valence-electron chi connectivity index (χ2n) is 8.51. The lowest BCUT2D eigenvalue weighted by atomic mass is 10.0. The average Bonchev–Trinajstić information content (AvgIpc) is 3.31. The summed E-state index contributed by atoms with van der Waals surface area (Å²) in [4.78, 5) is 31.0. The quantitative estimate of drug-likeness (QED) is 0.0842. The minimum Gasteiger partial charge on any atom is -0.510 e. The van der Waals surface area contributed by atoms with Gasteiger partial charge in [-0.1, -0.05) is 90.9 Å². The molecule has 9 heteroatoms. The molecule has 0 aromatic carbocycles. The molecule has 5 N–H and O–H groups in total. The molecule has 1 unspecified atom stereocenters. The highest BCUT2D eigenvalue weighted by atomic mass is 31.2. The van der Waals surface area contributed by atoms with Crippen molar-refractivity contribution in [2.24, 2.45) is 0 Å². The molecule has 182 valence electrons. The summed E-state index contributed by atoms with van der Waals surface area (Å²) in [6.45, 7) is 3.71. The molecule has 1 atom stereocenters. The molecule has 1 aliphatic carbocycles. The molecule has 31 heavy (non-hydrogen) atoms. The van der Waals surface area contributed by atoms with E-state index in [-0.39, 0.29) is 18.4 Å². The van der Waals surface area contributed by atoms with Crippen molar-refractivity contribution in [3.05, 3.63) is 11.3 Å². The van der Waals surface area contributed by atoms with E-state index in [0.717, 1.165) is 25.7 Å². The van der Waals surface area contributed by atoms with Gasteiger partial charge in [-0.3, -0.25) is 9.36 Å². The maximum atomic E-state index is 12.0. The first-order chi connectivity index (χ1) is 14.6. The van der Waals surface area contributed by atoms with E-state index < -0.39 is 30.5 Å². The molecule has 0 saturated heterocycles. The summed E-state index contributed by atoms with van der Waals surface area (Å²) >= 11 is 0. The summed E-state index contributed by atoms with van der Waals surface area (Å²) in [7, 11) is -5.23. The molecule has 0 spiro atoms. The molecule has 8 nitrogen and oxygen atoms in total. The fourth-order valence-corrected chi connectivity index (χ4v) is 5.55. The van der Waals surface area contributed by atoms with E-state index in [0.29, 0.717) is 6.42 Å². The lowest BCUT2D eigenvalue weighted by Crippen LogP contribution is -2.51. The van der Waals surface area contributed by atoms with Crippen molar-refractivity contribution in [1.29, 1.82) is 0 Å². The molecular formula is C22H41O8P. The van der Waals surface area contributed by atoms with Crippen molar-refractivity contribution in [3.63, 3.8) is 0 Å². The van der Waals surface area contributed by atoms with Crippen LogP contribution in [0.15, 0.2) is 11.3 Å². The second-order valence-corrected chi connectivity index (χ2v) is 10.3. The number of aliphatic hydroxyl groups excluding tert-OH is 1. The topological polar surface area (TPSA) is 145 Å². The van der Waals surface area contributed by atoms with Crippen LogP contribution in [0.1, 0.15) is 110 Å². The molecule has 0 aromatic rings. The summed E-state index contributed by atoms with van der Waals surface area (Å²) in [5.41, 5.74) is -0.223. The van der Waals surface area contributed by atoms with Gasteiger partial charge in [-0.05, 0) is 12.8 Å². The Morgan fingerprint density at radius 2 is 1.29 bits per heavy atom. The van der Waals surface area contributed by atoms with Gasteiger partial charge in [0.05, 0.1) is 0 Å². The Morgan fingerprint density at radius 3 is 1.65 bits per heavy atom. The number of ether oxygens (including phenoxy) is 1. The van der Waals surface area contributed by atoms with E-state index in [1.54, 1.807) is 0 Å². The van der Waals surface area contributed by atoms with Crippen LogP contribution in [0.5, 0.6) is 0 Å². The highest BCUT2D eigenvalue weighted by Crippen LogP contribution is 2.72. The van der Waals surface area contributed by atoms with Crippen LogP contribution < -0.4 is 0 Å². The Morgan fingerprint density at radius 1 is 0.871 bits per heavy atom. The molecule has 1 rings (SSSR count). The zero-order valence-electron chi connectivity index (χ0n) is 19.0. The van der Waals surface area contributed by atoms with Crippen LogP contribution in [0.3, 0.4) is 0 Å². The van der Waals surface area contributed by atoms with Gasteiger partial charge in [-0.25, -0.2) is 0 Å². The van der Waals surface area contributed by atoms with Gasteiger partial charge in [-0.2, -0.15) is 0 Å². The van der Waals surface area contributed by atoms with Gasteiger partial charge < -0.3 is 29.8 Å². The summed E-state index contributed by atoms with van der Waals surface area (Å²) in [6.07, 6.45) is 14.7. The van der Waals surface area contributed by atoms with Gasteiger partial charge in [0.25, 0.3) is 0 Å². The van der Waals surface area contributed by atoms with Crippen molar-refractivity contribution in [3.8, 4) is 0 Å². The molecule has 0 aliphatic heterocycles. The van der Waals surface area contributed by atoms with E-state index in [1.165, 1.54) is 58.3 Å². The Balaban J connectivity index is 2.19. The molecule has 0 saturated carbocycles. The fourth-order valence-electron chi connectivity index (χ4n) is 4.16. The number of carbonyl (C=O) groups is 1. The second kappa shape index (κ2) is 12.9. The third-order valence-electron chi connectivity index (χ3n) is 6.01. The van der Waals surface area contributed by atoms with Gasteiger partial charge in [0.1, 0.15) is 5.76 Å². The third-order valence-corrected chi connectivity index (χ3v) is 7.65. The van der Waals surface area contributed by atoms with Gasteiger partial charge in [0, 0.05) is 12.0 Å². The number of unbranched alkanes of at least 4 members (excludes halogenated alkanes) is 12. The molecule has 0 aromatic heterocycles. The Bertz CT molecular complexity index is 639. The zero-order valence-corrected chi connectivity index (χ0v) is 19.9. The van der Waals surface area contributed by atoms with E-state index >= 15 is 0 Å². The molecule has 0 fully saturated rings. The summed E-state index contributed by atoms with van der Waals surface area (Å²) in [6, 6.07) is 0. The van der Waals surface area contributed by atoms with Crippen molar-refractivity contribution in [2.45, 2.75) is 121 Å². The Hall–Kier alpha value is -0.920. The van der Waals surface area contributed by atoms with E-state index in [9.17, 15) is 34.5 Å². The minimum atomic E-state index is -5.23. The summed E-state index contributed by atoms with van der Waals surface area (Å²) in [5, 5.41) is 27.3. The van der Waals surface area contributed by atoms with E-state index in [4.69, 9.17) is 0 Å². The van der Waals surface area contributed by atoms with Gasteiger partial charge in [0.15, 0.2) is 0 Å². The lowest BCUT2D eigenvalue weighted by molar-refractivity contribution is -0.325. The first-order valence-corrected chi connectivity index (χ1v) is 13.3. The smallest absolute Gasteiger partial charge is 0.353 e. The van der Waals surface area contributed by atoms with Crippen LogP contribution in [0.25, 0.3) is 0 Å². The van der Waals surface area contributed by atoms with Gasteiger partial charge in [-0.15, -0.1) is 0 Å². The number of hydrogen-bond acceptors (Lipinski definition) is 6. The Kier molecular flexibility index (Phi) is 11.7. The van der Waals surface area contributed by atoms with Crippen LogP contribution in [-0.2, 0) is 14.1 Å². The van der Waals surface area contributed by atoms with Crippen LogP contribution in [0, 0.1) is 0 Å². The van der Waals surface area contributed by atoms with Crippen molar-refractivity contribution in [2.75, 3.05) is 0 Å². The number of rotatable bonds is 18. The van der Waals surface area contributed by atoms with Crippen LogP contribution in [-0.4, -0.2) is 42.2 Å². The van der Waals surface area contributed by atoms with Crippen molar-refractivity contribution >= 4 is 13.6 Å². The SMILES string of the molecule is CCCCCCCCCCCCCCCC(=O)OC(O)(O)C1(P(=O)(O)O)C(O)=C1CC. The number of aliphatic hydroxyl groups is 3. The fraction of sp³-hybridized carbons (Fsp3) is 0.864. The first kappa shape index (κ1) is 28.1. The van der Waals surface area contributed by atoms with Crippen molar-refractivity contribution in [1.82, 2.24) is 0 Å². The average molecular weight is 465 g/mol. The van der Waals surface area contributed by atoms with Gasteiger partial charge in [0.2, 0.25) is 5.16 Å². The lowest BCUT2D eigenvalue weighted by Gasteiger charge is -2.32. The standard InChI is InChI=1S/C22H41O8P/c1-3-5-6-7-8-9-10-11-12-13-14-15-16-17-19(23)30-22(25,26)21(31(27,28)29)18(4-2)20(21)24/h24-26H,3-17H2,1-2H3,(H2,27,28,29). The van der Waals surface area contributed by atoms with Crippen LogP contribution in [0.2, 0.25) is 0 Å². The molecule has 0 heterocycles. The van der Waals surface area contributed by atoms with Crippen LogP contribution in [0.4, 0.5) is 0 Å². The van der Waals surface area contributed by atoms with Crippen LogP contribution >= 0.6 is 7.60 Å². The van der Waals surface area contributed by atoms with E-state index in [1.807, 2.05) is 0 Å². The normalized spacial score (nSPS) is 19.0. The predicted octanol–water partition coefficient (Wildman–Crippen LogP) is 4.80. The monoisotopic (exact) mass is 464 g/mol. The zero-order chi connectivity index (χ0) is 23.5. The number of esters is 1. The number of hydrogen-bond donors (Lipinski definition) is 5. The summed E-state index contributed by atoms with van der Waals surface area (Å²) < 4.78 is 16.4. The summed E-state index contributed by atoms with van der Waals surface area (Å²) in [5.74, 6) is -5.30. The molecule has 0 amide bonds. The Labute approximate surface area is 185 Å². The predicted molar refractivity (Wildman–Crippen MR) is 118 cm³/mol. The maximum Gasteiger partial charge on any atom is 0.353 e. The molecule has 1 aliphatic rings. The van der Waals surface area contributed by atoms with E-state index in [2.05, 4.69) is 11.7 Å². The molecule has 0 radical (unpaired) electrons. The number of carbonyl (C=O) groups excluding carboxylic acids is 1. The maximum absolute atomic E-state index is 12.0. The highest BCUT2D eigenvalue weighted by molar-refractivity contribution is 7.54. The van der Waals surface area contributed by atoms with Gasteiger partial charge >= 0.3 is 19.5 Å². The third kappa shape index (κ3) is 7.57. The largest absolute Gasteiger partial charge is 0.510 e. The highest BCUT2D eigenvalue weighted by Gasteiger charge is 2.79. The minimum absolute atomic E-state index is 0.0176. The molecular weight excluding hydrogens is 423 g/mol. The molecule has 0 bridgehead atoms. The van der Waals surface area contributed by atoms with Crippen molar-refractivity contribution < 1.29 is 39.2 Å².